The molecule has 0 radical (unpaired) electrons. The Balaban J connectivity index is 2.01. The topological polar surface area (TPSA) is 65.4 Å². The van der Waals surface area contributed by atoms with Crippen LogP contribution in [0.4, 0.5) is 5.69 Å². The second-order valence-electron chi connectivity index (χ2n) is 3.43. The van der Waals surface area contributed by atoms with E-state index in [1.807, 2.05) is 6.07 Å². The van der Waals surface area contributed by atoms with Gasteiger partial charge in [-0.2, -0.15) is 0 Å². The van der Waals surface area contributed by atoms with Gasteiger partial charge in [0.1, 0.15) is 0 Å². The molecule has 0 bridgehead atoms. The number of halogens is 1. The van der Waals surface area contributed by atoms with E-state index in [9.17, 15) is 0 Å². The first-order valence-corrected chi connectivity index (χ1v) is 6.15. The van der Waals surface area contributed by atoms with Crippen molar-refractivity contribution >= 4 is 41.2 Å². The number of anilines is 1. The first-order chi connectivity index (χ1) is 8.15. The van der Waals surface area contributed by atoms with Crippen LogP contribution in [0.25, 0.3) is 0 Å². The number of nitrogens with zero attached hydrogens (tertiary/aromatic N) is 1. The van der Waals surface area contributed by atoms with E-state index in [-0.39, 0.29) is 0 Å². The molecule has 0 unspecified atom stereocenters. The number of hydrogen-bond acceptors (Lipinski definition) is 5. The molecule has 0 saturated carbocycles. The molecule has 0 aliphatic carbocycles. The average molecular weight is 269 g/mol. The highest BCUT2D eigenvalue weighted by molar-refractivity contribution is 7.15. The molecule has 0 aliphatic rings. The molecule has 1 aromatic heterocycles. The zero-order valence-corrected chi connectivity index (χ0v) is 10.4. The fourth-order valence-electron chi connectivity index (χ4n) is 1.36. The molecule has 0 atom stereocenters. The van der Waals surface area contributed by atoms with Gasteiger partial charge in [-0.1, -0.05) is 23.7 Å². The summed E-state index contributed by atoms with van der Waals surface area (Å²) in [7, 11) is -1.45. The fraction of sp³-hybridized carbons (Fsp3) is 0.100. The Morgan fingerprint density at radius 1 is 1.41 bits per heavy atom. The number of hydrogen-bond donors (Lipinski definition) is 3. The predicted octanol–water partition coefficient (Wildman–Crippen LogP) is 1.09. The summed E-state index contributed by atoms with van der Waals surface area (Å²) >= 11 is 7.13. The summed E-state index contributed by atoms with van der Waals surface area (Å²) in [5.74, 6) is 0. The molecule has 1 aromatic carbocycles. The second-order valence-corrected chi connectivity index (χ2v) is 5.13. The van der Waals surface area contributed by atoms with Crippen molar-refractivity contribution in [3.8, 4) is 0 Å². The van der Waals surface area contributed by atoms with Gasteiger partial charge in [-0.3, -0.25) is 0 Å². The van der Waals surface area contributed by atoms with Gasteiger partial charge in [-0.05, 0) is 17.6 Å². The van der Waals surface area contributed by atoms with E-state index < -0.39 is 7.12 Å². The van der Waals surface area contributed by atoms with Gasteiger partial charge >= 0.3 is 7.12 Å². The van der Waals surface area contributed by atoms with Crippen molar-refractivity contribution in [2.75, 3.05) is 5.32 Å². The third kappa shape index (κ3) is 3.44. The molecule has 2 rings (SSSR count). The third-order valence-corrected chi connectivity index (χ3v) is 3.29. The smallest absolute Gasteiger partial charge is 0.423 e. The molecule has 1 heterocycles. The summed E-state index contributed by atoms with van der Waals surface area (Å²) in [4.78, 5) is 4.96. The van der Waals surface area contributed by atoms with E-state index in [0.717, 1.165) is 10.6 Å². The van der Waals surface area contributed by atoms with Crippen LogP contribution in [-0.4, -0.2) is 22.2 Å². The van der Waals surface area contributed by atoms with Crippen molar-refractivity contribution in [2.24, 2.45) is 0 Å². The zero-order valence-electron chi connectivity index (χ0n) is 8.80. The zero-order chi connectivity index (χ0) is 12.3. The monoisotopic (exact) mass is 268 g/mol. The van der Waals surface area contributed by atoms with E-state index in [0.29, 0.717) is 16.5 Å². The van der Waals surface area contributed by atoms with Crippen LogP contribution in [0.3, 0.4) is 0 Å². The number of aromatic nitrogens is 1. The normalized spacial score (nSPS) is 10.3. The first kappa shape index (κ1) is 12.4. The Labute approximate surface area is 108 Å². The Hall–Kier alpha value is -1.08. The van der Waals surface area contributed by atoms with E-state index in [2.05, 4.69) is 10.3 Å². The number of rotatable bonds is 4. The lowest BCUT2D eigenvalue weighted by Gasteiger charge is -2.06. The quantitative estimate of drug-likeness (QED) is 0.726. The molecule has 0 fully saturated rings. The van der Waals surface area contributed by atoms with Crippen LogP contribution >= 0.6 is 22.9 Å². The lowest BCUT2D eigenvalue weighted by molar-refractivity contribution is 0.426. The van der Waals surface area contributed by atoms with Crippen LogP contribution in [0, 0.1) is 0 Å². The van der Waals surface area contributed by atoms with Gasteiger partial charge < -0.3 is 15.4 Å². The molecule has 7 heteroatoms. The van der Waals surface area contributed by atoms with Crippen LogP contribution < -0.4 is 10.8 Å². The fourth-order valence-corrected chi connectivity index (χ4v) is 2.28. The maximum absolute atomic E-state index is 9.04. The summed E-state index contributed by atoms with van der Waals surface area (Å²) in [6.45, 7) is 0.607. The molecule has 0 spiro atoms. The molecule has 0 saturated heterocycles. The Morgan fingerprint density at radius 2 is 2.24 bits per heavy atom. The van der Waals surface area contributed by atoms with E-state index >= 15 is 0 Å². The van der Waals surface area contributed by atoms with Gasteiger partial charge in [-0.15, -0.1) is 11.3 Å². The third-order valence-electron chi connectivity index (χ3n) is 2.18. The first-order valence-electron chi connectivity index (χ1n) is 4.95. The maximum Gasteiger partial charge on any atom is 0.488 e. The molecular formula is C10H10BClN2O2S. The highest BCUT2D eigenvalue weighted by Gasteiger charge is 2.10. The van der Waals surface area contributed by atoms with Crippen molar-refractivity contribution in [3.63, 3.8) is 0 Å². The van der Waals surface area contributed by atoms with Crippen LogP contribution in [-0.2, 0) is 6.54 Å². The van der Waals surface area contributed by atoms with Crippen molar-refractivity contribution in [2.45, 2.75) is 6.54 Å². The van der Waals surface area contributed by atoms with E-state index in [1.165, 1.54) is 11.3 Å². The van der Waals surface area contributed by atoms with Crippen LogP contribution in [0.1, 0.15) is 4.88 Å². The van der Waals surface area contributed by atoms with Crippen molar-refractivity contribution < 1.29 is 10.0 Å². The Kier molecular flexibility index (Phi) is 4.01. The van der Waals surface area contributed by atoms with Crippen LogP contribution in [0.5, 0.6) is 0 Å². The van der Waals surface area contributed by atoms with E-state index in [1.54, 1.807) is 24.4 Å². The van der Waals surface area contributed by atoms with Crippen LogP contribution in [0.15, 0.2) is 30.5 Å². The summed E-state index contributed by atoms with van der Waals surface area (Å²) < 4.78 is 0.515. The molecule has 4 nitrogen and oxygen atoms in total. The summed E-state index contributed by atoms with van der Waals surface area (Å²) in [6, 6.07) is 6.96. The van der Waals surface area contributed by atoms with Gasteiger partial charge in [0, 0.05) is 16.8 Å². The summed E-state index contributed by atoms with van der Waals surface area (Å²) in [6.07, 6.45) is 1.71. The lowest BCUT2D eigenvalue weighted by atomic mass is 9.80. The minimum absolute atomic E-state index is 0.456. The summed E-state index contributed by atoms with van der Waals surface area (Å²) in [5, 5.41) is 21.2. The van der Waals surface area contributed by atoms with Gasteiger partial charge in [0.25, 0.3) is 0 Å². The average Bonchev–Trinajstić information content (AvgIpc) is 2.73. The number of benzene rings is 1. The summed E-state index contributed by atoms with van der Waals surface area (Å²) in [5.41, 5.74) is 1.28. The highest BCUT2D eigenvalue weighted by atomic mass is 35.5. The van der Waals surface area contributed by atoms with Crippen molar-refractivity contribution in [3.05, 3.63) is 39.8 Å². The predicted molar refractivity (Wildman–Crippen MR) is 70.7 cm³/mol. The minimum Gasteiger partial charge on any atom is -0.423 e. The van der Waals surface area contributed by atoms with E-state index in [4.69, 9.17) is 21.6 Å². The molecule has 88 valence electrons. The molecule has 3 N–H and O–H groups in total. The maximum atomic E-state index is 9.04. The van der Waals surface area contributed by atoms with Crippen LogP contribution in [0.2, 0.25) is 4.47 Å². The van der Waals surface area contributed by atoms with Gasteiger partial charge in [0.2, 0.25) is 0 Å². The SMILES string of the molecule is OB(O)c1cccc(NCc2cnc(Cl)s2)c1. The van der Waals surface area contributed by atoms with Crippen molar-refractivity contribution in [1.82, 2.24) is 4.98 Å². The number of thiazole rings is 1. The Morgan fingerprint density at radius 3 is 2.88 bits per heavy atom. The molecule has 0 aliphatic heterocycles. The molecular weight excluding hydrogens is 258 g/mol. The molecule has 2 aromatic rings. The molecule has 17 heavy (non-hydrogen) atoms. The highest BCUT2D eigenvalue weighted by Crippen LogP contribution is 2.18. The van der Waals surface area contributed by atoms with Gasteiger partial charge in [0.15, 0.2) is 4.47 Å². The largest absolute Gasteiger partial charge is 0.488 e. The van der Waals surface area contributed by atoms with Crippen molar-refractivity contribution in [1.29, 1.82) is 0 Å². The molecule has 0 amide bonds. The lowest BCUT2D eigenvalue weighted by Crippen LogP contribution is -2.29. The number of nitrogens with one attached hydrogen (secondary N) is 1. The minimum atomic E-state index is -1.45. The van der Waals surface area contributed by atoms with Gasteiger partial charge in [0.05, 0.1) is 6.54 Å². The second kappa shape index (κ2) is 5.51. The Bertz CT molecular complexity index is 507. The van der Waals surface area contributed by atoms with Gasteiger partial charge in [-0.25, -0.2) is 4.98 Å². The standard InChI is InChI=1S/C10H10BClN2O2S/c12-10-14-6-9(17-10)5-13-8-3-1-2-7(4-8)11(15)16/h1-4,6,13,15-16H,5H2.